The van der Waals surface area contributed by atoms with Crippen LogP contribution in [0.1, 0.15) is 34.6 Å². The predicted octanol–water partition coefficient (Wildman–Crippen LogP) is 3.79. The third-order valence-electron chi connectivity index (χ3n) is 5.57. The van der Waals surface area contributed by atoms with E-state index >= 15 is 0 Å². The van der Waals surface area contributed by atoms with E-state index in [0.29, 0.717) is 28.4 Å². The highest BCUT2D eigenvalue weighted by Gasteiger charge is 2.31. The molecule has 2 amide bonds. The van der Waals surface area contributed by atoms with Gasteiger partial charge in [0.05, 0.1) is 35.7 Å². The Kier molecular flexibility index (Phi) is 7.76. The van der Waals surface area contributed by atoms with E-state index in [-0.39, 0.29) is 23.6 Å². The maximum Gasteiger partial charge on any atom is 0.573 e. The summed E-state index contributed by atoms with van der Waals surface area (Å²) in [6, 6.07) is 6.47. The number of hydrogen-bond acceptors (Lipinski definition) is 7. The van der Waals surface area contributed by atoms with Crippen molar-refractivity contribution in [3.63, 3.8) is 0 Å². The number of imidazole rings is 1. The first-order chi connectivity index (χ1) is 18.4. The number of carbonyl (C=O) groups is 2. The number of fused-ring (bicyclic) bond motifs is 1. The molecule has 0 aliphatic heterocycles. The van der Waals surface area contributed by atoms with Crippen LogP contribution in [0.3, 0.4) is 0 Å². The van der Waals surface area contributed by atoms with Gasteiger partial charge in [0.1, 0.15) is 11.6 Å². The second-order valence-electron chi connectivity index (χ2n) is 8.51. The molecule has 1 aromatic carbocycles. The first kappa shape index (κ1) is 27.4. The van der Waals surface area contributed by atoms with Gasteiger partial charge in [0.2, 0.25) is 5.91 Å². The number of likely N-dealkylation sites (N-methyl/N-ethyl adjacent to an activating group) is 1. The van der Waals surface area contributed by atoms with Gasteiger partial charge >= 0.3 is 6.36 Å². The summed E-state index contributed by atoms with van der Waals surface area (Å²) >= 11 is 0. The number of ether oxygens (including phenoxy) is 1. The molecule has 0 radical (unpaired) electrons. The fourth-order valence-electron chi connectivity index (χ4n) is 3.75. The number of alkyl halides is 3. The number of pyridine rings is 1. The van der Waals surface area contributed by atoms with Crippen molar-refractivity contribution in [2.75, 3.05) is 18.9 Å². The third kappa shape index (κ3) is 6.65. The van der Waals surface area contributed by atoms with Gasteiger partial charge < -0.3 is 20.7 Å². The van der Waals surface area contributed by atoms with E-state index in [0.717, 1.165) is 18.2 Å². The molecule has 3 N–H and O–H groups in total. The average molecular weight is 545 g/mol. The number of carbonyl (C=O) groups excluding carboxylic acids is 2. The quantitative estimate of drug-likeness (QED) is 0.288. The van der Waals surface area contributed by atoms with Crippen LogP contribution in [0.25, 0.3) is 16.9 Å². The number of nitrogens with zero attached hydrogens (tertiary/aromatic N) is 4. The van der Waals surface area contributed by atoms with E-state index in [1.165, 1.54) is 23.8 Å². The number of benzene rings is 1. The first-order valence-corrected chi connectivity index (χ1v) is 11.6. The number of halogens is 4. The van der Waals surface area contributed by atoms with Crippen molar-refractivity contribution < 1.29 is 31.9 Å². The molecule has 3 aromatic heterocycles. The zero-order valence-electron chi connectivity index (χ0n) is 20.9. The Morgan fingerprint density at radius 2 is 1.92 bits per heavy atom. The minimum Gasteiger partial charge on any atom is -0.406 e. The van der Waals surface area contributed by atoms with E-state index in [1.807, 2.05) is 0 Å². The van der Waals surface area contributed by atoms with E-state index in [1.54, 1.807) is 32.2 Å². The molecule has 0 bridgehead atoms. The van der Waals surface area contributed by atoms with Crippen LogP contribution in [0.15, 0.2) is 48.8 Å². The SMILES string of the molecule is CNCC(=O)Nc1cn2nc(-c3cnc(C)c(C(=O)N[C@H](C)c4cc(OC(F)(F)F)ccc4F)c3)ccc2n1. The summed E-state index contributed by atoms with van der Waals surface area (Å²) in [6.07, 6.45) is -1.89. The summed E-state index contributed by atoms with van der Waals surface area (Å²) in [5.74, 6) is -1.99. The van der Waals surface area contributed by atoms with Crippen LogP contribution in [-0.2, 0) is 4.79 Å². The lowest BCUT2D eigenvalue weighted by Gasteiger charge is -2.18. The molecule has 0 fully saturated rings. The van der Waals surface area contributed by atoms with Crippen LogP contribution in [0, 0.1) is 12.7 Å². The number of amides is 2. The van der Waals surface area contributed by atoms with Crippen molar-refractivity contribution in [2.45, 2.75) is 26.3 Å². The van der Waals surface area contributed by atoms with Crippen LogP contribution in [0.5, 0.6) is 5.75 Å². The Hall–Kier alpha value is -4.59. The first-order valence-electron chi connectivity index (χ1n) is 11.6. The predicted molar refractivity (Wildman–Crippen MR) is 132 cm³/mol. The minimum atomic E-state index is -4.94. The second-order valence-corrected chi connectivity index (χ2v) is 8.51. The van der Waals surface area contributed by atoms with Gasteiger partial charge in [0.15, 0.2) is 11.5 Å². The molecular weight excluding hydrogens is 522 g/mol. The average Bonchev–Trinajstić information content (AvgIpc) is 3.26. The molecule has 0 aliphatic rings. The van der Waals surface area contributed by atoms with Crippen molar-refractivity contribution in [3.8, 4) is 17.0 Å². The monoisotopic (exact) mass is 545 g/mol. The van der Waals surface area contributed by atoms with Crippen molar-refractivity contribution >= 4 is 23.3 Å². The Morgan fingerprint density at radius 1 is 1.15 bits per heavy atom. The van der Waals surface area contributed by atoms with Crippen LogP contribution in [-0.4, -0.2) is 51.4 Å². The molecule has 3 heterocycles. The maximum atomic E-state index is 14.4. The second kappa shape index (κ2) is 11.0. The fraction of sp³-hybridized carbons (Fsp3) is 0.240. The third-order valence-corrected chi connectivity index (χ3v) is 5.57. The van der Waals surface area contributed by atoms with Crippen LogP contribution < -0.4 is 20.7 Å². The summed E-state index contributed by atoms with van der Waals surface area (Å²) in [5.41, 5.74) is 1.76. The highest BCUT2D eigenvalue weighted by Crippen LogP contribution is 2.28. The lowest BCUT2D eigenvalue weighted by atomic mass is 10.0. The molecule has 39 heavy (non-hydrogen) atoms. The van der Waals surface area contributed by atoms with E-state index in [4.69, 9.17) is 0 Å². The molecule has 0 saturated carbocycles. The molecule has 0 saturated heterocycles. The van der Waals surface area contributed by atoms with Gasteiger partial charge in [-0.25, -0.2) is 13.9 Å². The number of aromatic nitrogens is 4. The molecule has 0 unspecified atom stereocenters. The van der Waals surface area contributed by atoms with E-state index < -0.39 is 29.9 Å². The van der Waals surface area contributed by atoms with E-state index in [9.17, 15) is 27.2 Å². The lowest BCUT2D eigenvalue weighted by molar-refractivity contribution is -0.274. The molecule has 4 rings (SSSR count). The molecule has 10 nitrogen and oxygen atoms in total. The van der Waals surface area contributed by atoms with Gasteiger partial charge in [0.25, 0.3) is 5.91 Å². The molecule has 4 aromatic rings. The number of rotatable bonds is 8. The number of hydrogen-bond donors (Lipinski definition) is 3. The van der Waals surface area contributed by atoms with Crippen LogP contribution in [0.4, 0.5) is 23.4 Å². The summed E-state index contributed by atoms with van der Waals surface area (Å²) in [7, 11) is 1.64. The largest absolute Gasteiger partial charge is 0.573 e. The zero-order chi connectivity index (χ0) is 28.3. The zero-order valence-corrected chi connectivity index (χ0v) is 20.9. The van der Waals surface area contributed by atoms with Gasteiger partial charge in [-0.15, -0.1) is 13.2 Å². The van der Waals surface area contributed by atoms with Gasteiger partial charge in [-0.05, 0) is 57.3 Å². The van der Waals surface area contributed by atoms with Gasteiger partial charge in [0, 0.05) is 17.3 Å². The number of anilines is 1. The maximum absolute atomic E-state index is 14.4. The molecule has 0 spiro atoms. The molecule has 204 valence electrons. The molecular formula is C25H23F4N7O3. The van der Waals surface area contributed by atoms with Gasteiger partial charge in [-0.1, -0.05) is 0 Å². The van der Waals surface area contributed by atoms with Crippen LogP contribution >= 0.6 is 0 Å². The number of nitrogens with one attached hydrogen (secondary N) is 3. The normalized spacial score (nSPS) is 12.3. The summed E-state index contributed by atoms with van der Waals surface area (Å²) in [4.78, 5) is 33.4. The summed E-state index contributed by atoms with van der Waals surface area (Å²) < 4.78 is 57.4. The highest BCUT2D eigenvalue weighted by atomic mass is 19.4. The van der Waals surface area contributed by atoms with Gasteiger partial charge in [-0.3, -0.25) is 14.6 Å². The Labute approximate surface area is 219 Å². The van der Waals surface area contributed by atoms with Crippen molar-refractivity contribution in [3.05, 3.63) is 71.4 Å². The summed E-state index contributed by atoms with van der Waals surface area (Å²) in [5, 5.41) is 12.4. The minimum absolute atomic E-state index is 0.116. The topological polar surface area (TPSA) is 123 Å². The Bertz CT molecular complexity index is 1540. The molecule has 14 heteroatoms. The standard InChI is InChI=1S/C25H23F4N7O3/c1-13-18(24(38)32-14(2)17-9-16(4-5-19(17)26)39-25(27,28)29)8-15(10-31-13)20-6-7-22-33-21(12-36(22)35-20)34-23(37)11-30-3/h4-10,12,14,30H,11H2,1-3H3,(H,32,38)(H,34,37)/t14-/m1/s1. The summed E-state index contributed by atoms with van der Waals surface area (Å²) in [6.45, 7) is 3.15. The molecule has 1 atom stereocenters. The lowest BCUT2D eigenvalue weighted by Crippen LogP contribution is -2.28. The Morgan fingerprint density at radius 3 is 2.64 bits per heavy atom. The van der Waals surface area contributed by atoms with E-state index in [2.05, 4.69) is 35.8 Å². The van der Waals surface area contributed by atoms with Crippen molar-refractivity contribution in [1.29, 1.82) is 0 Å². The number of aryl methyl sites for hydroxylation is 1. The Balaban J connectivity index is 1.55. The highest BCUT2D eigenvalue weighted by molar-refractivity contribution is 5.96. The smallest absolute Gasteiger partial charge is 0.406 e. The van der Waals surface area contributed by atoms with Crippen molar-refractivity contribution in [1.82, 2.24) is 30.2 Å². The van der Waals surface area contributed by atoms with Crippen molar-refractivity contribution in [2.24, 2.45) is 0 Å². The van der Waals surface area contributed by atoms with Crippen LogP contribution in [0.2, 0.25) is 0 Å². The molecule has 0 aliphatic carbocycles. The fourth-order valence-corrected chi connectivity index (χ4v) is 3.75. The van der Waals surface area contributed by atoms with Gasteiger partial charge in [-0.2, -0.15) is 5.10 Å².